The van der Waals surface area contributed by atoms with E-state index in [-0.39, 0.29) is 21.9 Å². The first-order chi connectivity index (χ1) is 19.3. The number of hydrogen-bond donors (Lipinski definition) is 0. The third-order valence-corrected chi connectivity index (χ3v) is 16.4. The molecule has 0 N–H and O–H groups in total. The second kappa shape index (κ2) is 12.3. The van der Waals surface area contributed by atoms with Gasteiger partial charge >= 0.3 is 12.4 Å². The molecule has 0 aliphatic heterocycles. The number of rotatable bonds is 6. The van der Waals surface area contributed by atoms with Gasteiger partial charge in [-0.25, -0.2) is 0 Å². The lowest BCUT2D eigenvalue weighted by molar-refractivity contribution is -0.138. The van der Waals surface area contributed by atoms with Gasteiger partial charge in [0, 0.05) is 0 Å². The van der Waals surface area contributed by atoms with Crippen molar-refractivity contribution in [3.8, 4) is 0 Å². The predicted molar refractivity (Wildman–Crippen MR) is 167 cm³/mol. The summed E-state index contributed by atoms with van der Waals surface area (Å²) in [7, 11) is -1.63. The van der Waals surface area contributed by atoms with Gasteiger partial charge in [0.15, 0.2) is 0 Å². The van der Waals surface area contributed by atoms with Gasteiger partial charge in [-0.2, -0.15) is 26.3 Å². The van der Waals surface area contributed by atoms with Gasteiger partial charge in [-0.15, -0.1) is 0 Å². The van der Waals surface area contributed by atoms with Crippen molar-refractivity contribution in [3.05, 3.63) is 59.2 Å². The topological polar surface area (TPSA) is 0 Å². The van der Waals surface area contributed by atoms with E-state index >= 15 is 0 Å². The molecule has 0 saturated heterocycles. The van der Waals surface area contributed by atoms with E-state index in [0.717, 1.165) is 73.3 Å². The second-order valence-corrected chi connectivity index (χ2v) is 20.9. The number of benzene rings is 2. The van der Waals surface area contributed by atoms with Crippen LogP contribution in [0.4, 0.5) is 26.3 Å². The van der Waals surface area contributed by atoms with E-state index in [4.69, 9.17) is 0 Å². The van der Waals surface area contributed by atoms with Gasteiger partial charge in [-0.05, 0) is 108 Å². The van der Waals surface area contributed by atoms with Gasteiger partial charge in [0.2, 0.25) is 0 Å². The molecule has 8 heteroatoms. The normalized spacial score (nSPS) is 22.6. The van der Waals surface area contributed by atoms with Gasteiger partial charge in [-0.1, -0.05) is 93.8 Å². The lowest BCUT2D eigenvalue weighted by atomic mass is 9.95. The first-order valence-corrected chi connectivity index (χ1v) is 18.1. The first kappa shape index (κ1) is 33.8. The van der Waals surface area contributed by atoms with Crippen molar-refractivity contribution < 1.29 is 26.3 Å². The summed E-state index contributed by atoms with van der Waals surface area (Å²) in [6, 6.07) is 9.81. The highest BCUT2D eigenvalue weighted by atomic mass is 31.1. The molecule has 0 bridgehead atoms. The van der Waals surface area contributed by atoms with E-state index in [2.05, 4.69) is 48.5 Å². The summed E-state index contributed by atoms with van der Waals surface area (Å²) in [5, 5.41) is 2.02. The summed E-state index contributed by atoms with van der Waals surface area (Å²) in [5.41, 5.74) is 0.0796. The maximum Gasteiger partial charge on any atom is 0.416 e. The molecule has 0 aromatic heterocycles. The molecule has 0 heterocycles. The third kappa shape index (κ3) is 7.39. The lowest BCUT2D eigenvalue weighted by Gasteiger charge is -2.49. The molecule has 2 aliphatic rings. The minimum atomic E-state index is -4.44. The maximum atomic E-state index is 13.9. The number of alkyl halides is 6. The van der Waals surface area contributed by atoms with E-state index in [1.165, 1.54) is 12.1 Å². The zero-order chi connectivity index (χ0) is 31.3. The van der Waals surface area contributed by atoms with Crippen molar-refractivity contribution in [2.45, 2.75) is 133 Å². The van der Waals surface area contributed by atoms with Crippen LogP contribution in [0.5, 0.6) is 0 Å². The highest BCUT2D eigenvalue weighted by Gasteiger charge is 2.47. The van der Waals surface area contributed by atoms with Crippen molar-refractivity contribution >= 4 is 26.5 Å². The fraction of sp³-hybridized carbons (Fsp3) is 0.647. The van der Waals surface area contributed by atoms with Gasteiger partial charge < -0.3 is 0 Å². The standard InChI is InChI=1S/C34H46F6P2/c1-22(42(31(2,3)4)32(5,6)7)27-13-10-14-29(27)41(26-18-15-24(16-19-26)33(35,36)37)30-20-17-25(34(38,39)40)21-28(30)23-11-8-9-12-23/h15-23,27,29H,8-14H2,1-7H3. The van der Waals surface area contributed by atoms with E-state index < -0.39 is 39.3 Å². The molecule has 0 amide bonds. The van der Waals surface area contributed by atoms with E-state index in [1.807, 2.05) is 0 Å². The van der Waals surface area contributed by atoms with Crippen molar-refractivity contribution in [1.29, 1.82) is 0 Å². The van der Waals surface area contributed by atoms with Crippen LogP contribution in [0.3, 0.4) is 0 Å². The van der Waals surface area contributed by atoms with E-state index in [1.54, 1.807) is 18.2 Å². The van der Waals surface area contributed by atoms with Crippen LogP contribution in [0, 0.1) is 5.92 Å². The molecule has 234 valence electrons. The molecule has 2 saturated carbocycles. The summed E-state index contributed by atoms with van der Waals surface area (Å²) in [6.45, 7) is 16.3. The number of hydrogen-bond acceptors (Lipinski definition) is 0. The quantitative estimate of drug-likeness (QED) is 0.220. The van der Waals surface area contributed by atoms with Gasteiger partial charge in [0.25, 0.3) is 0 Å². The fourth-order valence-electron chi connectivity index (χ4n) is 8.11. The van der Waals surface area contributed by atoms with Crippen LogP contribution in [-0.2, 0) is 12.4 Å². The Balaban J connectivity index is 1.89. The molecule has 2 aromatic carbocycles. The molecular formula is C34H46F6P2. The van der Waals surface area contributed by atoms with Crippen molar-refractivity contribution in [3.63, 3.8) is 0 Å². The Morgan fingerprint density at radius 2 is 1.19 bits per heavy atom. The van der Waals surface area contributed by atoms with E-state index in [9.17, 15) is 26.3 Å². The van der Waals surface area contributed by atoms with Crippen molar-refractivity contribution in [2.24, 2.45) is 5.92 Å². The van der Waals surface area contributed by atoms with Crippen molar-refractivity contribution in [1.82, 2.24) is 0 Å². The minimum absolute atomic E-state index is 0.0558. The molecule has 4 atom stereocenters. The van der Waals surface area contributed by atoms with Crippen LogP contribution in [0.2, 0.25) is 0 Å². The molecule has 42 heavy (non-hydrogen) atoms. The zero-order valence-electron chi connectivity index (χ0n) is 26.0. The molecule has 4 unspecified atom stereocenters. The Morgan fingerprint density at radius 1 is 0.667 bits per heavy atom. The summed E-state index contributed by atoms with van der Waals surface area (Å²) in [5.74, 6) is 0.419. The molecule has 0 radical (unpaired) electrons. The highest BCUT2D eigenvalue weighted by molar-refractivity contribution is 7.73. The minimum Gasteiger partial charge on any atom is -0.166 e. The second-order valence-electron chi connectivity index (χ2n) is 14.3. The molecule has 2 aliphatic carbocycles. The molecule has 4 rings (SSSR count). The average molecular weight is 631 g/mol. The van der Waals surface area contributed by atoms with Crippen LogP contribution in [0.1, 0.15) is 116 Å². The Kier molecular flexibility index (Phi) is 9.93. The molecule has 0 spiro atoms. The molecule has 2 fully saturated rings. The zero-order valence-corrected chi connectivity index (χ0v) is 27.8. The summed E-state index contributed by atoms with van der Waals surface area (Å²) >= 11 is 0. The summed E-state index contributed by atoms with van der Waals surface area (Å²) < 4.78 is 82.5. The summed E-state index contributed by atoms with van der Waals surface area (Å²) in [4.78, 5) is 0. The predicted octanol–water partition coefficient (Wildman–Crippen LogP) is 11.5. The van der Waals surface area contributed by atoms with Crippen LogP contribution in [-0.4, -0.2) is 21.6 Å². The number of halogens is 6. The van der Waals surface area contributed by atoms with E-state index in [0.29, 0.717) is 11.6 Å². The lowest BCUT2D eigenvalue weighted by Crippen LogP contribution is -2.37. The Labute approximate surface area is 250 Å². The smallest absolute Gasteiger partial charge is 0.166 e. The van der Waals surface area contributed by atoms with Crippen LogP contribution in [0.15, 0.2) is 42.5 Å². The first-order valence-electron chi connectivity index (χ1n) is 15.3. The average Bonchev–Trinajstić information content (AvgIpc) is 3.55. The third-order valence-electron chi connectivity index (χ3n) is 9.22. The largest absolute Gasteiger partial charge is 0.416 e. The maximum absolute atomic E-state index is 13.9. The van der Waals surface area contributed by atoms with Gasteiger partial charge in [-0.3, -0.25) is 0 Å². The van der Waals surface area contributed by atoms with Crippen molar-refractivity contribution in [2.75, 3.05) is 0 Å². The van der Waals surface area contributed by atoms with Crippen LogP contribution >= 0.6 is 15.8 Å². The monoisotopic (exact) mass is 630 g/mol. The SMILES string of the molecule is CC(C1CCCC1P(c1ccc(C(F)(F)F)cc1)c1ccc(C(F)(F)F)cc1C1CCCC1)P(C(C)(C)C)C(C)(C)C. The Hall–Kier alpha value is -1.12. The molecule has 0 nitrogen and oxygen atoms in total. The molecule has 2 aromatic rings. The highest BCUT2D eigenvalue weighted by Crippen LogP contribution is 2.67. The Morgan fingerprint density at radius 3 is 1.69 bits per heavy atom. The Bertz CT molecular complexity index is 1180. The van der Waals surface area contributed by atoms with Gasteiger partial charge in [0.05, 0.1) is 11.1 Å². The molecular weight excluding hydrogens is 584 g/mol. The fourth-order valence-corrected chi connectivity index (χ4v) is 16.9. The van der Waals surface area contributed by atoms with Crippen LogP contribution in [0.25, 0.3) is 0 Å². The van der Waals surface area contributed by atoms with Gasteiger partial charge in [0.1, 0.15) is 0 Å². The van der Waals surface area contributed by atoms with Crippen LogP contribution < -0.4 is 10.6 Å². The summed E-state index contributed by atoms with van der Waals surface area (Å²) in [6.07, 6.45) is -2.15.